The molecule has 0 saturated carbocycles. The average molecular weight is 273 g/mol. The fourth-order valence-corrected chi connectivity index (χ4v) is 2.44. The molecule has 14 heavy (non-hydrogen) atoms. The molecular formula is C8H9BrN4S. The van der Waals surface area contributed by atoms with Crippen LogP contribution in [0.15, 0.2) is 16.2 Å². The van der Waals surface area contributed by atoms with Gasteiger partial charge in [-0.05, 0) is 22.4 Å². The van der Waals surface area contributed by atoms with E-state index in [0.29, 0.717) is 0 Å². The highest BCUT2D eigenvalue weighted by atomic mass is 79.9. The largest absolute Gasteiger partial charge is 0.242 e. The number of halogens is 1. The number of thiazole rings is 1. The van der Waals surface area contributed by atoms with E-state index < -0.39 is 0 Å². The predicted molar refractivity (Wildman–Crippen MR) is 59.1 cm³/mol. The summed E-state index contributed by atoms with van der Waals surface area (Å²) in [4.78, 5) is 4.33. The van der Waals surface area contributed by atoms with E-state index in [0.717, 1.165) is 28.3 Å². The lowest BCUT2D eigenvalue weighted by atomic mass is 10.4. The summed E-state index contributed by atoms with van der Waals surface area (Å²) in [5, 5.41) is 10.8. The summed E-state index contributed by atoms with van der Waals surface area (Å²) in [6, 6.07) is 0. The van der Waals surface area contributed by atoms with E-state index in [1.165, 1.54) is 0 Å². The van der Waals surface area contributed by atoms with Crippen molar-refractivity contribution in [3.63, 3.8) is 0 Å². The van der Waals surface area contributed by atoms with Crippen LogP contribution in [-0.4, -0.2) is 20.0 Å². The molecule has 2 aromatic heterocycles. The Morgan fingerprint density at radius 3 is 3.07 bits per heavy atom. The van der Waals surface area contributed by atoms with Crippen molar-refractivity contribution < 1.29 is 0 Å². The Morgan fingerprint density at radius 1 is 1.57 bits per heavy atom. The van der Waals surface area contributed by atoms with Crippen LogP contribution < -0.4 is 0 Å². The summed E-state index contributed by atoms with van der Waals surface area (Å²) in [6.07, 6.45) is 2.80. The standard InChI is InChI=1S/C8H9BrN4S/c1-2-3-13-6(4-10-12-13)8-11-7(9)5-14-8/h4-5H,2-3H2,1H3. The highest BCUT2D eigenvalue weighted by molar-refractivity contribution is 9.10. The van der Waals surface area contributed by atoms with Crippen molar-refractivity contribution >= 4 is 27.3 Å². The minimum atomic E-state index is 0.863. The molecule has 0 saturated heterocycles. The van der Waals surface area contributed by atoms with E-state index in [9.17, 15) is 0 Å². The molecule has 2 aromatic rings. The lowest BCUT2D eigenvalue weighted by Gasteiger charge is -1.99. The monoisotopic (exact) mass is 272 g/mol. The van der Waals surface area contributed by atoms with Crippen LogP contribution in [0.25, 0.3) is 10.7 Å². The third kappa shape index (κ3) is 1.85. The van der Waals surface area contributed by atoms with Crippen molar-refractivity contribution in [3.05, 3.63) is 16.2 Å². The highest BCUT2D eigenvalue weighted by Crippen LogP contribution is 2.25. The van der Waals surface area contributed by atoms with Crippen LogP contribution in [0.5, 0.6) is 0 Å². The van der Waals surface area contributed by atoms with Gasteiger partial charge in [0.1, 0.15) is 15.3 Å². The normalized spacial score (nSPS) is 10.7. The first-order valence-corrected chi connectivity index (χ1v) is 5.98. The molecule has 2 heterocycles. The first-order valence-electron chi connectivity index (χ1n) is 4.31. The van der Waals surface area contributed by atoms with Crippen LogP contribution in [-0.2, 0) is 6.54 Å². The number of aryl methyl sites for hydroxylation is 1. The summed E-state index contributed by atoms with van der Waals surface area (Å²) in [5.74, 6) is 0. The zero-order valence-corrected chi connectivity index (χ0v) is 10.0. The van der Waals surface area contributed by atoms with E-state index >= 15 is 0 Å². The summed E-state index contributed by atoms with van der Waals surface area (Å²) in [7, 11) is 0. The molecule has 0 aliphatic heterocycles. The zero-order valence-electron chi connectivity index (χ0n) is 7.64. The lowest BCUT2D eigenvalue weighted by molar-refractivity contribution is 0.584. The summed E-state index contributed by atoms with van der Waals surface area (Å²) < 4.78 is 2.74. The second-order valence-corrected chi connectivity index (χ2v) is 4.49. The molecule has 0 radical (unpaired) electrons. The summed E-state index contributed by atoms with van der Waals surface area (Å²) in [5.41, 5.74) is 0.988. The third-order valence-corrected chi connectivity index (χ3v) is 3.32. The smallest absolute Gasteiger partial charge is 0.144 e. The maximum absolute atomic E-state index is 4.33. The Morgan fingerprint density at radius 2 is 2.43 bits per heavy atom. The summed E-state index contributed by atoms with van der Waals surface area (Å²) in [6.45, 7) is 3.00. The van der Waals surface area contributed by atoms with Crippen molar-refractivity contribution in [3.8, 4) is 10.7 Å². The van der Waals surface area contributed by atoms with Crippen molar-refractivity contribution in [2.24, 2.45) is 0 Å². The first-order chi connectivity index (χ1) is 6.81. The number of nitrogens with zero attached hydrogens (tertiary/aromatic N) is 4. The minimum Gasteiger partial charge on any atom is -0.242 e. The van der Waals surface area contributed by atoms with Gasteiger partial charge in [-0.25, -0.2) is 9.67 Å². The molecule has 0 aliphatic carbocycles. The van der Waals surface area contributed by atoms with Crippen molar-refractivity contribution in [2.75, 3.05) is 0 Å². The average Bonchev–Trinajstić information content (AvgIpc) is 2.74. The van der Waals surface area contributed by atoms with Gasteiger partial charge >= 0.3 is 0 Å². The van der Waals surface area contributed by atoms with Gasteiger partial charge in [-0.1, -0.05) is 12.1 Å². The van der Waals surface area contributed by atoms with E-state index in [-0.39, 0.29) is 0 Å². The first kappa shape index (κ1) is 9.79. The van der Waals surface area contributed by atoms with Gasteiger partial charge in [0.15, 0.2) is 0 Å². The van der Waals surface area contributed by atoms with Gasteiger partial charge in [0.25, 0.3) is 0 Å². The van der Waals surface area contributed by atoms with Crippen LogP contribution >= 0.6 is 27.3 Å². The van der Waals surface area contributed by atoms with Gasteiger partial charge in [0.2, 0.25) is 0 Å². The molecule has 0 spiro atoms. The molecule has 0 fully saturated rings. The predicted octanol–water partition coefficient (Wildman–Crippen LogP) is 2.57. The number of hydrogen-bond donors (Lipinski definition) is 0. The van der Waals surface area contributed by atoms with Gasteiger partial charge in [-0.15, -0.1) is 16.4 Å². The molecule has 0 unspecified atom stereocenters. The van der Waals surface area contributed by atoms with Gasteiger partial charge in [0.05, 0.1) is 6.20 Å². The fourth-order valence-electron chi connectivity index (χ4n) is 1.17. The molecule has 6 heteroatoms. The van der Waals surface area contributed by atoms with Crippen LogP contribution in [0.4, 0.5) is 0 Å². The zero-order chi connectivity index (χ0) is 9.97. The van der Waals surface area contributed by atoms with Gasteiger partial charge in [-0.3, -0.25) is 0 Å². The SMILES string of the molecule is CCCn1nncc1-c1nc(Br)cs1. The van der Waals surface area contributed by atoms with Crippen LogP contribution in [0.1, 0.15) is 13.3 Å². The quantitative estimate of drug-likeness (QED) is 0.863. The maximum atomic E-state index is 4.33. The molecule has 0 bridgehead atoms. The molecule has 0 amide bonds. The topological polar surface area (TPSA) is 43.6 Å². The van der Waals surface area contributed by atoms with E-state index in [1.54, 1.807) is 17.5 Å². The van der Waals surface area contributed by atoms with Crippen molar-refractivity contribution in [2.45, 2.75) is 19.9 Å². The minimum absolute atomic E-state index is 0.863. The third-order valence-electron chi connectivity index (χ3n) is 1.75. The molecule has 0 aliphatic rings. The lowest BCUT2D eigenvalue weighted by Crippen LogP contribution is -2.01. The van der Waals surface area contributed by atoms with Gasteiger partial charge < -0.3 is 0 Å². The molecule has 74 valence electrons. The van der Waals surface area contributed by atoms with E-state index in [4.69, 9.17) is 0 Å². The molecular weight excluding hydrogens is 264 g/mol. The summed E-state index contributed by atoms with van der Waals surface area (Å²) >= 11 is 4.92. The van der Waals surface area contributed by atoms with Gasteiger partial charge in [-0.2, -0.15) is 0 Å². The maximum Gasteiger partial charge on any atom is 0.144 e. The van der Waals surface area contributed by atoms with E-state index in [1.807, 2.05) is 10.1 Å². The Hall–Kier alpha value is -0.750. The van der Waals surface area contributed by atoms with Crippen molar-refractivity contribution in [1.82, 2.24) is 20.0 Å². The van der Waals surface area contributed by atoms with Crippen molar-refractivity contribution in [1.29, 1.82) is 0 Å². The second-order valence-electron chi connectivity index (χ2n) is 2.82. The number of rotatable bonds is 3. The molecule has 0 aromatic carbocycles. The Bertz CT molecular complexity index is 422. The number of hydrogen-bond acceptors (Lipinski definition) is 4. The Kier molecular flexibility index (Phi) is 2.93. The molecule has 2 rings (SSSR count). The van der Waals surface area contributed by atoms with E-state index in [2.05, 4.69) is 38.1 Å². The van der Waals surface area contributed by atoms with Crippen LogP contribution in [0.2, 0.25) is 0 Å². The van der Waals surface area contributed by atoms with Crippen LogP contribution in [0.3, 0.4) is 0 Å². The van der Waals surface area contributed by atoms with Crippen LogP contribution in [0, 0.1) is 0 Å². The Balaban J connectivity index is 2.36. The molecule has 4 nitrogen and oxygen atoms in total. The fraction of sp³-hybridized carbons (Fsp3) is 0.375. The second kappa shape index (κ2) is 4.18. The molecule has 0 atom stereocenters. The number of aromatic nitrogens is 4. The Labute approximate surface area is 94.1 Å². The van der Waals surface area contributed by atoms with Gasteiger partial charge in [0, 0.05) is 11.9 Å². The highest BCUT2D eigenvalue weighted by Gasteiger charge is 2.09. The molecule has 0 N–H and O–H groups in total.